The lowest BCUT2D eigenvalue weighted by Crippen LogP contribution is -2.40. The third-order valence-electron chi connectivity index (χ3n) is 4.78. The fourth-order valence-electron chi connectivity index (χ4n) is 3.45. The molecule has 1 aliphatic heterocycles. The minimum Gasteiger partial charge on any atom is -0.468 e. The summed E-state index contributed by atoms with van der Waals surface area (Å²) in [6, 6.07) is 12.5. The molecule has 1 atom stereocenters. The van der Waals surface area contributed by atoms with E-state index in [4.69, 9.17) is 4.42 Å². The normalized spacial score (nSPS) is 16.3. The van der Waals surface area contributed by atoms with Crippen LogP contribution in [0.15, 0.2) is 47.1 Å². The van der Waals surface area contributed by atoms with Crippen LogP contribution >= 0.6 is 11.8 Å². The van der Waals surface area contributed by atoms with Crippen LogP contribution in [0.1, 0.15) is 42.2 Å². The van der Waals surface area contributed by atoms with Gasteiger partial charge in [0.15, 0.2) is 0 Å². The van der Waals surface area contributed by atoms with Gasteiger partial charge in [0.1, 0.15) is 5.76 Å². The first-order chi connectivity index (χ1) is 12.7. The average molecular weight is 373 g/mol. The summed E-state index contributed by atoms with van der Waals surface area (Å²) in [5.41, 5.74) is 2.53. The molecule has 1 unspecified atom stereocenters. The maximum Gasteiger partial charge on any atom is 0.230 e. The molecule has 0 radical (unpaired) electrons. The van der Waals surface area contributed by atoms with Crippen molar-refractivity contribution in [1.82, 2.24) is 10.2 Å². The standard InChI is InChI=1S/C21H28N2O2S/c1-17-7-5-8-18(13-17)15-26-16-21(24)22-14-19(20-9-6-12-25-20)23-10-3-2-4-11-23/h5-9,12-13,19H,2-4,10-11,14-16H2,1H3,(H,22,24). The summed E-state index contributed by atoms with van der Waals surface area (Å²) >= 11 is 1.66. The van der Waals surface area contributed by atoms with Crippen molar-refractivity contribution in [2.45, 2.75) is 38.0 Å². The number of thioether (sulfide) groups is 1. The molecule has 2 aromatic rings. The summed E-state index contributed by atoms with van der Waals surface area (Å²) in [6.45, 7) is 4.85. The van der Waals surface area contributed by atoms with Gasteiger partial charge in [0.2, 0.25) is 5.91 Å². The molecule has 1 amide bonds. The number of nitrogens with one attached hydrogen (secondary N) is 1. The summed E-state index contributed by atoms with van der Waals surface area (Å²) < 4.78 is 5.63. The second kappa shape index (κ2) is 9.83. The molecule has 1 aromatic heterocycles. The Morgan fingerprint density at radius 3 is 2.81 bits per heavy atom. The molecule has 1 aliphatic rings. The first kappa shape index (κ1) is 19.1. The number of hydrogen-bond donors (Lipinski definition) is 1. The number of carbonyl (C=O) groups is 1. The second-order valence-corrected chi connectivity index (χ2v) is 7.90. The predicted molar refractivity (Wildman–Crippen MR) is 107 cm³/mol. The molecule has 1 N–H and O–H groups in total. The molecule has 0 aliphatic carbocycles. The Kier molecular flexibility index (Phi) is 7.21. The van der Waals surface area contributed by atoms with Gasteiger partial charge in [0.05, 0.1) is 18.1 Å². The molecular formula is C21H28N2O2S. The minimum absolute atomic E-state index is 0.0937. The zero-order valence-electron chi connectivity index (χ0n) is 15.4. The van der Waals surface area contributed by atoms with E-state index in [0.717, 1.165) is 24.6 Å². The van der Waals surface area contributed by atoms with Gasteiger partial charge in [-0.2, -0.15) is 0 Å². The van der Waals surface area contributed by atoms with Crippen LogP contribution in [-0.2, 0) is 10.5 Å². The van der Waals surface area contributed by atoms with Crippen LogP contribution in [0.4, 0.5) is 0 Å². The predicted octanol–water partition coefficient (Wildman–Crippen LogP) is 4.16. The number of piperidine rings is 1. The Morgan fingerprint density at radius 1 is 1.23 bits per heavy atom. The molecule has 0 saturated carbocycles. The highest BCUT2D eigenvalue weighted by molar-refractivity contribution is 7.99. The van der Waals surface area contributed by atoms with Gasteiger partial charge in [-0.1, -0.05) is 36.2 Å². The van der Waals surface area contributed by atoms with Crippen LogP contribution in [0.2, 0.25) is 0 Å². The lowest BCUT2D eigenvalue weighted by Gasteiger charge is -2.33. The first-order valence-electron chi connectivity index (χ1n) is 9.40. The molecule has 26 heavy (non-hydrogen) atoms. The van der Waals surface area contributed by atoms with Crippen LogP contribution in [0.25, 0.3) is 0 Å². The molecule has 5 heteroatoms. The van der Waals surface area contributed by atoms with E-state index in [1.165, 1.54) is 30.4 Å². The van der Waals surface area contributed by atoms with Gasteiger partial charge in [0.25, 0.3) is 0 Å². The topological polar surface area (TPSA) is 45.5 Å². The number of amides is 1. The number of hydrogen-bond acceptors (Lipinski definition) is 4. The number of benzene rings is 1. The molecule has 1 saturated heterocycles. The van der Waals surface area contributed by atoms with Crippen molar-refractivity contribution in [3.63, 3.8) is 0 Å². The second-order valence-electron chi connectivity index (χ2n) is 6.91. The minimum atomic E-state index is 0.0937. The first-order valence-corrected chi connectivity index (χ1v) is 10.6. The molecule has 3 rings (SSSR count). The van der Waals surface area contributed by atoms with Crippen molar-refractivity contribution >= 4 is 17.7 Å². The van der Waals surface area contributed by atoms with Crippen LogP contribution in [-0.4, -0.2) is 36.2 Å². The van der Waals surface area contributed by atoms with Crippen molar-refractivity contribution in [3.8, 4) is 0 Å². The monoisotopic (exact) mass is 372 g/mol. The van der Waals surface area contributed by atoms with E-state index in [2.05, 4.69) is 41.4 Å². The van der Waals surface area contributed by atoms with Crippen molar-refractivity contribution in [2.24, 2.45) is 0 Å². The summed E-state index contributed by atoms with van der Waals surface area (Å²) in [5, 5.41) is 3.10. The Morgan fingerprint density at radius 2 is 2.08 bits per heavy atom. The highest BCUT2D eigenvalue weighted by Crippen LogP contribution is 2.24. The van der Waals surface area contributed by atoms with E-state index in [0.29, 0.717) is 12.3 Å². The fourth-order valence-corrected chi connectivity index (χ4v) is 4.25. The van der Waals surface area contributed by atoms with Crippen LogP contribution in [0, 0.1) is 6.92 Å². The molecule has 4 nitrogen and oxygen atoms in total. The number of furan rings is 1. The lowest BCUT2D eigenvalue weighted by atomic mass is 10.1. The van der Waals surface area contributed by atoms with Gasteiger partial charge in [0, 0.05) is 12.3 Å². The van der Waals surface area contributed by atoms with E-state index in [-0.39, 0.29) is 11.9 Å². The number of carbonyl (C=O) groups excluding carboxylic acids is 1. The van der Waals surface area contributed by atoms with Crippen molar-refractivity contribution in [3.05, 3.63) is 59.5 Å². The van der Waals surface area contributed by atoms with Crippen molar-refractivity contribution in [1.29, 1.82) is 0 Å². The summed E-state index contributed by atoms with van der Waals surface area (Å²) in [7, 11) is 0. The number of aryl methyl sites for hydroxylation is 1. The molecule has 1 fully saturated rings. The van der Waals surface area contributed by atoms with E-state index >= 15 is 0 Å². The summed E-state index contributed by atoms with van der Waals surface area (Å²) in [4.78, 5) is 14.7. The largest absolute Gasteiger partial charge is 0.468 e. The van der Waals surface area contributed by atoms with Gasteiger partial charge in [-0.25, -0.2) is 0 Å². The van der Waals surface area contributed by atoms with Crippen molar-refractivity contribution < 1.29 is 9.21 Å². The molecule has 0 spiro atoms. The Bertz CT molecular complexity index is 681. The zero-order chi connectivity index (χ0) is 18.2. The SMILES string of the molecule is Cc1cccc(CSCC(=O)NCC(c2ccco2)N2CCCCC2)c1. The molecular weight excluding hydrogens is 344 g/mol. The molecule has 140 valence electrons. The Labute approximate surface area is 160 Å². The Balaban J connectivity index is 1.46. The van der Waals surface area contributed by atoms with Gasteiger partial charge < -0.3 is 9.73 Å². The maximum atomic E-state index is 12.3. The molecule has 2 heterocycles. The van der Waals surface area contributed by atoms with E-state index < -0.39 is 0 Å². The van der Waals surface area contributed by atoms with Crippen molar-refractivity contribution in [2.75, 3.05) is 25.4 Å². The van der Waals surface area contributed by atoms with Gasteiger partial charge in [-0.3, -0.25) is 9.69 Å². The number of rotatable bonds is 8. The average Bonchev–Trinajstić information content (AvgIpc) is 3.17. The van der Waals surface area contributed by atoms with Crippen LogP contribution in [0.3, 0.4) is 0 Å². The molecule has 1 aromatic carbocycles. The maximum absolute atomic E-state index is 12.3. The smallest absolute Gasteiger partial charge is 0.230 e. The van der Waals surface area contributed by atoms with E-state index in [9.17, 15) is 4.79 Å². The molecule has 0 bridgehead atoms. The third kappa shape index (κ3) is 5.64. The van der Waals surface area contributed by atoms with E-state index in [1.54, 1.807) is 18.0 Å². The third-order valence-corrected chi connectivity index (χ3v) is 5.78. The zero-order valence-corrected chi connectivity index (χ0v) is 16.3. The van der Waals surface area contributed by atoms with Gasteiger partial charge >= 0.3 is 0 Å². The summed E-state index contributed by atoms with van der Waals surface area (Å²) in [5.74, 6) is 2.39. The highest BCUT2D eigenvalue weighted by atomic mass is 32.2. The highest BCUT2D eigenvalue weighted by Gasteiger charge is 2.24. The fraction of sp³-hybridized carbons (Fsp3) is 0.476. The quantitative estimate of drug-likeness (QED) is 0.756. The van der Waals surface area contributed by atoms with Gasteiger partial charge in [-0.15, -0.1) is 11.8 Å². The van der Waals surface area contributed by atoms with Crippen LogP contribution < -0.4 is 5.32 Å². The van der Waals surface area contributed by atoms with Gasteiger partial charge in [-0.05, 0) is 50.6 Å². The Hall–Kier alpha value is -1.72. The number of likely N-dealkylation sites (tertiary alicyclic amines) is 1. The number of nitrogens with zero attached hydrogens (tertiary/aromatic N) is 1. The lowest BCUT2D eigenvalue weighted by molar-refractivity contribution is -0.118. The summed E-state index contributed by atoms with van der Waals surface area (Å²) in [6.07, 6.45) is 5.45. The van der Waals surface area contributed by atoms with Crippen LogP contribution in [0.5, 0.6) is 0 Å². The van der Waals surface area contributed by atoms with E-state index in [1.807, 2.05) is 12.1 Å².